The van der Waals surface area contributed by atoms with Gasteiger partial charge in [-0.2, -0.15) is 28.2 Å². The SMILES string of the molecule is C.C[N-]C(C)C.C[N-]C(C)C.C[N-]C(C)C.C[N-]C(C)C.[Zr+4]. The molecule has 0 fully saturated rings. The molecule has 0 saturated carbocycles. The number of hydrogen-bond acceptors (Lipinski definition) is 0. The fourth-order valence-electron chi connectivity index (χ4n) is 0. The molecule has 0 aliphatic heterocycles. The zero-order valence-corrected chi connectivity index (χ0v) is 19.1. The molecule has 0 heterocycles. The van der Waals surface area contributed by atoms with Crippen LogP contribution in [0.3, 0.4) is 0 Å². The number of hydrogen-bond donors (Lipinski definition) is 0. The van der Waals surface area contributed by atoms with Crippen molar-refractivity contribution in [3.63, 3.8) is 0 Å². The van der Waals surface area contributed by atoms with Gasteiger partial charge in [-0.25, -0.2) is 0 Å². The molecule has 0 saturated heterocycles. The topological polar surface area (TPSA) is 56.4 Å². The molecule has 0 aliphatic carbocycles. The Hall–Kier alpha value is 0.723. The van der Waals surface area contributed by atoms with Crippen LogP contribution in [-0.2, 0) is 26.2 Å². The van der Waals surface area contributed by atoms with E-state index in [-0.39, 0.29) is 33.6 Å². The summed E-state index contributed by atoms with van der Waals surface area (Å²) in [6, 6.07) is 2.04. The van der Waals surface area contributed by atoms with Crippen molar-refractivity contribution in [3.8, 4) is 0 Å². The fraction of sp³-hybridized carbons (Fsp3) is 1.00. The summed E-state index contributed by atoms with van der Waals surface area (Å²) in [5.41, 5.74) is 0. The predicted octanol–water partition coefficient (Wildman–Crippen LogP) is 6.23. The van der Waals surface area contributed by atoms with E-state index in [1.807, 2.05) is 28.2 Å². The van der Waals surface area contributed by atoms with E-state index in [0.29, 0.717) is 24.2 Å². The molecule has 0 bridgehead atoms. The third-order valence-electron chi connectivity index (χ3n) is 2.07. The summed E-state index contributed by atoms with van der Waals surface area (Å²) in [5.74, 6) is 0. The van der Waals surface area contributed by atoms with E-state index in [1.165, 1.54) is 0 Å². The molecule has 0 radical (unpaired) electrons. The maximum absolute atomic E-state index is 3.89. The van der Waals surface area contributed by atoms with Gasteiger partial charge < -0.3 is 21.3 Å². The van der Waals surface area contributed by atoms with Crippen molar-refractivity contribution in [2.45, 2.75) is 87.0 Å². The van der Waals surface area contributed by atoms with E-state index < -0.39 is 0 Å². The van der Waals surface area contributed by atoms with Gasteiger partial charge in [-0.1, -0.05) is 62.8 Å². The molecule has 0 N–H and O–H groups in total. The Kier molecular flexibility index (Phi) is 58.1. The van der Waals surface area contributed by atoms with Crippen molar-refractivity contribution in [2.75, 3.05) is 28.2 Å². The minimum Gasteiger partial charge on any atom is -0.663 e. The Bertz CT molecular complexity index is 109. The summed E-state index contributed by atoms with van der Waals surface area (Å²) in [6.07, 6.45) is 0. The molecule has 0 amide bonds. The third-order valence-corrected chi connectivity index (χ3v) is 2.07. The second-order valence-corrected chi connectivity index (χ2v) is 5.41. The van der Waals surface area contributed by atoms with Gasteiger partial charge in [-0.15, -0.1) is 24.2 Å². The van der Waals surface area contributed by atoms with Gasteiger partial charge in [-0.05, 0) is 0 Å². The smallest absolute Gasteiger partial charge is 0.663 e. The summed E-state index contributed by atoms with van der Waals surface area (Å²) in [5, 5.41) is 15.6. The number of nitrogens with zero attached hydrogens (tertiary/aromatic N) is 4. The Morgan fingerprint density at radius 1 is 0.409 bits per heavy atom. The van der Waals surface area contributed by atoms with Gasteiger partial charge in [0.2, 0.25) is 0 Å². The van der Waals surface area contributed by atoms with E-state index in [1.54, 1.807) is 0 Å². The Morgan fingerprint density at radius 2 is 0.455 bits per heavy atom. The van der Waals surface area contributed by atoms with E-state index in [0.717, 1.165) is 0 Å². The van der Waals surface area contributed by atoms with Gasteiger partial charge in [0.25, 0.3) is 0 Å². The Balaban J connectivity index is -0.0000000376. The normalized spacial score (nSPS) is 8.73. The zero-order chi connectivity index (χ0) is 17.1. The van der Waals surface area contributed by atoms with Crippen molar-refractivity contribution in [3.05, 3.63) is 21.3 Å². The number of rotatable bonds is 4. The first-order valence-corrected chi connectivity index (χ1v) is 7.44. The van der Waals surface area contributed by atoms with Crippen LogP contribution < -0.4 is 0 Å². The molecule has 0 aromatic heterocycles. The molecule has 22 heavy (non-hydrogen) atoms. The molecule has 5 heteroatoms. The molecule has 0 atom stereocenters. The van der Waals surface area contributed by atoms with Crippen LogP contribution in [0.4, 0.5) is 0 Å². The summed E-state index contributed by atoms with van der Waals surface area (Å²) in [7, 11) is 7.30. The van der Waals surface area contributed by atoms with E-state index in [2.05, 4.69) is 76.7 Å². The molecule has 4 nitrogen and oxygen atoms in total. The molecule has 136 valence electrons. The summed E-state index contributed by atoms with van der Waals surface area (Å²) < 4.78 is 0. The van der Waals surface area contributed by atoms with Gasteiger partial charge in [0, 0.05) is 0 Å². The van der Waals surface area contributed by atoms with Crippen LogP contribution in [0.15, 0.2) is 0 Å². The van der Waals surface area contributed by atoms with Gasteiger partial charge in [-0.3, -0.25) is 0 Å². The minimum absolute atomic E-state index is 0. The molecule has 0 aromatic carbocycles. The van der Waals surface area contributed by atoms with Gasteiger partial charge in [0.1, 0.15) is 0 Å². The predicted molar refractivity (Wildman–Crippen MR) is 104 cm³/mol. The molecular weight excluding hydrogens is 351 g/mol. The van der Waals surface area contributed by atoms with Gasteiger partial charge in [0.05, 0.1) is 0 Å². The second kappa shape index (κ2) is 33.4. The molecule has 0 rings (SSSR count). The van der Waals surface area contributed by atoms with Crippen LogP contribution in [0.5, 0.6) is 0 Å². The third kappa shape index (κ3) is 106. The van der Waals surface area contributed by atoms with Crippen LogP contribution >= 0.6 is 0 Å². The zero-order valence-electron chi connectivity index (χ0n) is 16.6. The van der Waals surface area contributed by atoms with Crippen molar-refractivity contribution in [1.29, 1.82) is 0 Å². The van der Waals surface area contributed by atoms with Crippen LogP contribution in [0.2, 0.25) is 0 Å². The van der Waals surface area contributed by atoms with E-state index in [9.17, 15) is 0 Å². The van der Waals surface area contributed by atoms with Crippen LogP contribution in [0, 0.1) is 0 Å². The van der Waals surface area contributed by atoms with Crippen molar-refractivity contribution >= 4 is 0 Å². The van der Waals surface area contributed by atoms with Crippen LogP contribution in [-0.4, -0.2) is 52.4 Å². The summed E-state index contributed by atoms with van der Waals surface area (Å²) >= 11 is 0. The maximum Gasteiger partial charge on any atom is 4.00 e. The first kappa shape index (κ1) is 38.3. The van der Waals surface area contributed by atoms with Gasteiger partial charge in [0.15, 0.2) is 0 Å². The maximum atomic E-state index is 3.89. The molecule has 0 aromatic rings. The summed E-state index contributed by atoms with van der Waals surface area (Å²) in [6.45, 7) is 16.4. The largest absolute Gasteiger partial charge is 4.00 e. The van der Waals surface area contributed by atoms with E-state index >= 15 is 0 Å². The van der Waals surface area contributed by atoms with Crippen molar-refractivity contribution < 1.29 is 26.2 Å². The van der Waals surface area contributed by atoms with Crippen molar-refractivity contribution in [1.82, 2.24) is 0 Å². The average Bonchev–Trinajstić information content (AvgIpc) is 2.40. The monoisotopic (exact) mass is 394 g/mol. The first-order valence-electron chi connectivity index (χ1n) is 7.44. The Labute approximate surface area is 162 Å². The summed E-state index contributed by atoms with van der Waals surface area (Å²) in [4.78, 5) is 0. The Morgan fingerprint density at radius 3 is 0.455 bits per heavy atom. The van der Waals surface area contributed by atoms with Crippen molar-refractivity contribution in [2.24, 2.45) is 0 Å². The second-order valence-electron chi connectivity index (χ2n) is 5.41. The molecular formula is C17H44N4Zr. The fourth-order valence-corrected chi connectivity index (χ4v) is 0. The van der Waals surface area contributed by atoms with Gasteiger partial charge >= 0.3 is 26.2 Å². The quantitative estimate of drug-likeness (QED) is 0.542. The first-order chi connectivity index (χ1) is 9.08. The standard InChI is InChI=1S/4C4H10N.CH4.Zr/c4*1-4(2)5-3;;/h4*4H,1-3H3;1H4;/q4*-1;;+4. The minimum atomic E-state index is 0. The van der Waals surface area contributed by atoms with Crippen LogP contribution in [0.1, 0.15) is 62.8 Å². The molecule has 0 spiro atoms. The average molecular weight is 396 g/mol. The molecule has 0 aliphatic rings. The van der Waals surface area contributed by atoms with Crippen LogP contribution in [0.25, 0.3) is 21.3 Å². The van der Waals surface area contributed by atoms with E-state index in [4.69, 9.17) is 0 Å². The molecule has 0 unspecified atom stereocenters.